The Morgan fingerprint density at radius 3 is 3.23 bits per heavy atom. The van der Waals surface area contributed by atoms with Gasteiger partial charge in [0.1, 0.15) is 0 Å². The molecule has 3 heteroatoms. The van der Waals surface area contributed by atoms with E-state index in [2.05, 4.69) is 11.4 Å². The Morgan fingerprint density at radius 2 is 2.54 bits per heavy atom. The predicted molar refractivity (Wildman–Crippen MR) is 51.3 cm³/mol. The van der Waals surface area contributed by atoms with Crippen LogP contribution in [0.1, 0.15) is 24.5 Å². The van der Waals surface area contributed by atoms with Gasteiger partial charge in [0.05, 0.1) is 18.1 Å². The van der Waals surface area contributed by atoms with Gasteiger partial charge in [0.15, 0.2) is 0 Å². The van der Waals surface area contributed by atoms with Crippen molar-refractivity contribution in [1.82, 2.24) is 0 Å². The zero-order valence-corrected chi connectivity index (χ0v) is 8.09. The molecule has 68 valence electrons. The SMILES string of the molecule is N#CC1CCCOC1c1ccsc1. The third-order valence-electron chi connectivity index (χ3n) is 2.36. The van der Waals surface area contributed by atoms with Crippen LogP contribution in [0.25, 0.3) is 0 Å². The molecule has 0 spiro atoms. The number of thiophene rings is 1. The van der Waals surface area contributed by atoms with Gasteiger partial charge in [-0.3, -0.25) is 0 Å². The van der Waals surface area contributed by atoms with Gasteiger partial charge in [0.25, 0.3) is 0 Å². The van der Waals surface area contributed by atoms with Crippen LogP contribution in [0, 0.1) is 17.2 Å². The second-order valence-corrected chi connectivity index (χ2v) is 4.01. The highest BCUT2D eigenvalue weighted by Crippen LogP contribution is 2.33. The topological polar surface area (TPSA) is 33.0 Å². The van der Waals surface area contributed by atoms with Gasteiger partial charge in [-0.2, -0.15) is 16.6 Å². The zero-order chi connectivity index (χ0) is 9.10. The molecular formula is C10H11NOS. The molecule has 0 amide bonds. The lowest BCUT2D eigenvalue weighted by Gasteiger charge is -2.26. The average molecular weight is 193 g/mol. The maximum absolute atomic E-state index is 8.93. The quantitative estimate of drug-likeness (QED) is 0.687. The third-order valence-corrected chi connectivity index (χ3v) is 3.06. The minimum absolute atomic E-state index is 0.0185. The van der Waals surface area contributed by atoms with Crippen LogP contribution in [-0.2, 0) is 4.74 Å². The monoisotopic (exact) mass is 193 g/mol. The summed E-state index contributed by atoms with van der Waals surface area (Å²) in [6.45, 7) is 0.790. The van der Waals surface area contributed by atoms with E-state index in [1.807, 2.05) is 11.4 Å². The molecule has 1 saturated heterocycles. The van der Waals surface area contributed by atoms with Gasteiger partial charge in [0, 0.05) is 6.61 Å². The predicted octanol–water partition coefficient (Wildman–Crippen LogP) is 2.74. The van der Waals surface area contributed by atoms with Crippen LogP contribution in [0.3, 0.4) is 0 Å². The van der Waals surface area contributed by atoms with Crippen molar-refractivity contribution in [3.63, 3.8) is 0 Å². The fourth-order valence-corrected chi connectivity index (χ4v) is 2.36. The molecule has 0 aliphatic carbocycles. The molecule has 1 aliphatic heterocycles. The maximum atomic E-state index is 8.93. The van der Waals surface area contributed by atoms with Gasteiger partial charge in [0.2, 0.25) is 0 Å². The minimum atomic E-state index is 0.0185. The van der Waals surface area contributed by atoms with Gasteiger partial charge >= 0.3 is 0 Å². The van der Waals surface area contributed by atoms with Crippen molar-refractivity contribution >= 4 is 11.3 Å². The largest absolute Gasteiger partial charge is 0.372 e. The fraction of sp³-hybridized carbons (Fsp3) is 0.500. The second-order valence-electron chi connectivity index (χ2n) is 3.23. The Labute approximate surface area is 81.8 Å². The molecule has 2 unspecified atom stereocenters. The first-order valence-corrected chi connectivity index (χ1v) is 5.39. The summed E-state index contributed by atoms with van der Waals surface area (Å²) >= 11 is 1.66. The van der Waals surface area contributed by atoms with Crippen LogP contribution in [0.4, 0.5) is 0 Å². The Balaban J connectivity index is 2.17. The highest BCUT2D eigenvalue weighted by Gasteiger charge is 2.27. The summed E-state index contributed by atoms with van der Waals surface area (Å²) < 4.78 is 5.61. The van der Waals surface area contributed by atoms with Gasteiger partial charge in [-0.05, 0) is 35.2 Å². The number of rotatable bonds is 1. The van der Waals surface area contributed by atoms with E-state index in [0.717, 1.165) is 25.0 Å². The molecule has 2 nitrogen and oxygen atoms in total. The van der Waals surface area contributed by atoms with Crippen molar-refractivity contribution in [3.05, 3.63) is 22.4 Å². The molecule has 0 bridgehead atoms. The molecule has 2 heterocycles. The summed E-state index contributed by atoms with van der Waals surface area (Å²) in [5.41, 5.74) is 1.16. The molecule has 1 aliphatic rings. The highest BCUT2D eigenvalue weighted by atomic mass is 32.1. The van der Waals surface area contributed by atoms with Crippen LogP contribution < -0.4 is 0 Å². The van der Waals surface area contributed by atoms with Crippen molar-refractivity contribution in [2.24, 2.45) is 5.92 Å². The highest BCUT2D eigenvalue weighted by molar-refractivity contribution is 7.07. The second kappa shape index (κ2) is 3.91. The van der Waals surface area contributed by atoms with E-state index in [-0.39, 0.29) is 12.0 Å². The first-order chi connectivity index (χ1) is 6.42. The van der Waals surface area contributed by atoms with Gasteiger partial charge in [-0.25, -0.2) is 0 Å². The lowest BCUT2D eigenvalue weighted by molar-refractivity contribution is -0.00988. The molecule has 2 rings (SSSR count). The van der Waals surface area contributed by atoms with Crippen molar-refractivity contribution in [2.75, 3.05) is 6.61 Å². The van der Waals surface area contributed by atoms with Gasteiger partial charge in [-0.15, -0.1) is 0 Å². The smallest absolute Gasteiger partial charge is 0.0990 e. The van der Waals surface area contributed by atoms with Crippen LogP contribution >= 0.6 is 11.3 Å². The fourth-order valence-electron chi connectivity index (χ4n) is 1.68. The zero-order valence-electron chi connectivity index (χ0n) is 7.27. The van der Waals surface area contributed by atoms with Crippen LogP contribution in [0.15, 0.2) is 16.8 Å². The molecule has 2 atom stereocenters. The first-order valence-electron chi connectivity index (χ1n) is 4.45. The van der Waals surface area contributed by atoms with Crippen molar-refractivity contribution in [3.8, 4) is 6.07 Å². The first kappa shape index (κ1) is 8.74. The van der Waals surface area contributed by atoms with Crippen molar-refractivity contribution in [1.29, 1.82) is 5.26 Å². The van der Waals surface area contributed by atoms with Crippen LogP contribution in [0.5, 0.6) is 0 Å². The summed E-state index contributed by atoms with van der Waals surface area (Å²) in [5, 5.41) is 13.0. The molecule has 0 N–H and O–H groups in total. The molecule has 1 fully saturated rings. The van der Waals surface area contributed by atoms with Gasteiger partial charge < -0.3 is 4.74 Å². The van der Waals surface area contributed by atoms with Crippen molar-refractivity contribution < 1.29 is 4.74 Å². The van der Waals surface area contributed by atoms with E-state index >= 15 is 0 Å². The Morgan fingerprint density at radius 1 is 1.62 bits per heavy atom. The minimum Gasteiger partial charge on any atom is -0.372 e. The number of ether oxygens (including phenoxy) is 1. The normalized spacial score (nSPS) is 28.2. The summed E-state index contributed by atoms with van der Waals surface area (Å²) in [4.78, 5) is 0. The number of nitrogens with zero attached hydrogens (tertiary/aromatic N) is 1. The van der Waals surface area contributed by atoms with Gasteiger partial charge in [-0.1, -0.05) is 0 Å². The number of nitriles is 1. The Hall–Kier alpha value is -0.850. The van der Waals surface area contributed by atoms with Crippen molar-refractivity contribution in [2.45, 2.75) is 18.9 Å². The Bertz CT molecular complexity index is 301. The molecule has 0 radical (unpaired) electrons. The summed E-state index contributed by atoms with van der Waals surface area (Å²) in [5.74, 6) is 0.0448. The molecular weight excluding hydrogens is 182 g/mol. The van der Waals surface area contributed by atoms with E-state index < -0.39 is 0 Å². The van der Waals surface area contributed by atoms with Crippen LogP contribution in [0.2, 0.25) is 0 Å². The van der Waals surface area contributed by atoms with E-state index in [9.17, 15) is 0 Å². The van der Waals surface area contributed by atoms with E-state index in [0.29, 0.717) is 0 Å². The molecule has 0 saturated carbocycles. The molecule has 0 aromatic carbocycles. The van der Waals surface area contributed by atoms with Crippen LogP contribution in [-0.4, -0.2) is 6.61 Å². The molecule has 1 aromatic heterocycles. The standard InChI is InChI=1S/C10H11NOS/c11-6-8-2-1-4-12-10(8)9-3-5-13-7-9/h3,5,7-8,10H,1-2,4H2. The average Bonchev–Trinajstić information content (AvgIpc) is 2.70. The maximum Gasteiger partial charge on any atom is 0.0990 e. The lowest BCUT2D eigenvalue weighted by atomic mass is 9.92. The number of hydrogen-bond donors (Lipinski definition) is 0. The third kappa shape index (κ3) is 1.74. The number of hydrogen-bond acceptors (Lipinski definition) is 3. The van der Waals surface area contributed by atoms with E-state index in [1.165, 1.54) is 0 Å². The lowest BCUT2D eigenvalue weighted by Crippen LogP contribution is -2.20. The summed E-state index contributed by atoms with van der Waals surface area (Å²) in [7, 11) is 0. The molecule has 1 aromatic rings. The Kier molecular flexibility index (Phi) is 2.62. The summed E-state index contributed by atoms with van der Waals surface area (Å²) in [6.07, 6.45) is 2.00. The van der Waals surface area contributed by atoms with E-state index in [4.69, 9.17) is 10.00 Å². The summed E-state index contributed by atoms with van der Waals surface area (Å²) in [6, 6.07) is 4.37. The van der Waals surface area contributed by atoms with E-state index in [1.54, 1.807) is 11.3 Å². The molecule has 13 heavy (non-hydrogen) atoms.